The summed E-state index contributed by atoms with van der Waals surface area (Å²) in [7, 11) is -1.79. The normalized spacial score (nSPS) is 21.3. The van der Waals surface area contributed by atoms with Crippen LogP contribution >= 0.6 is 22.3 Å². The van der Waals surface area contributed by atoms with Gasteiger partial charge in [0.1, 0.15) is 5.75 Å². The van der Waals surface area contributed by atoms with E-state index in [0.717, 1.165) is 16.5 Å². The number of carbonyl (C=O) groups is 1. The van der Waals surface area contributed by atoms with Gasteiger partial charge in [-0.1, -0.05) is 19.9 Å². The molecule has 1 N–H and O–H groups in total. The molecule has 2 aromatic carbocycles. The van der Waals surface area contributed by atoms with Crippen LogP contribution < -0.4 is 9.46 Å². The van der Waals surface area contributed by atoms with Crippen molar-refractivity contribution in [1.82, 2.24) is 9.29 Å². The molecule has 0 bridgehead atoms. The Labute approximate surface area is 216 Å². The molecule has 0 aliphatic carbocycles. The van der Waals surface area contributed by atoms with Crippen LogP contribution in [0.1, 0.15) is 48.5 Å². The number of fused-ring (bicyclic) bond motifs is 1. The molecule has 3 heterocycles. The highest BCUT2D eigenvalue weighted by atomic mass is 32.3. The molecular weight excluding hydrogens is 506 g/mol. The van der Waals surface area contributed by atoms with E-state index in [-0.39, 0.29) is 17.6 Å². The van der Waals surface area contributed by atoms with Gasteiger partial charge in [0, 0.05) is 40.9 Å². The summed E-state index contributed by atoms with van der Waals surface area (Å²) in [5, 5.41) is 0.923. The number of hydrogen-bond donors (Lipinski definition) is 1. The molecule has 6 nitrogen and oxygen atoms in total. The number of benzene rings is 2. The summed E-state index contributed by atoms with van der Waals surface area (Å²) in [4.78, 5) is 17.8. The zero-order valence-electron chi connectivity index (χ0n) is 20.7. The van der Waals surface area contributed by atoms with Gasteiger partial charge >= 0.3 is 6.61 Å². The number of hydrogen-bond acceptors (Lipinski definition) is 5. The van der Waals surface area contributed by atoms with Gasteiger partial charge in [0.05, 0.1) is 12.1 Å². The SMILES string of the molecule is C1CCSC1.CC(C)c1cn(-c2cccc(OC(F)F)c2)c2ccc(C(=O)NS3(C)CCOO3)cc12. The van der Waals surface area contributed by atoms with Gasteiger partial charge in [0.2, 0.25) is 0 Å². The molecule has 1 unspecified atom stereocenters. The summed E-state index contributed by atoms with van der Waals surface area (Å²) < 4.78 is 39.9. The lowest BCUT2D eigenvalue weighted by atomic mass is 10.0. The van der Waals surface area contributed by atoms with Crippen molar-refractivity contribution in [2.45, 2.75) is 39.2 Å². The Bertz CT molecular complexity index is 1180. The maximum Gasteiger partial charge on any atom is 0.387 e. The third-order valence-corrected chi connectivity index (χ3v) is 9.05. The van der Waals surface area contributed by atoms with Crippen molar-refractivity contribution in [3.63, 3.8) is 0 Å². The molecule has 0 spiro atoms. The zero-order valence-corrected chi connectivity index (χ0v) is 22.3. The van der Waals surface area contributed by atoms with E-state index < -0.39 is 17.1 Å². The number of halogens is 2. The van der Waals surface area contributed by atoms with Crippen LogP contribution in [0.5, 0.6) is 5.75 Å². The van der Waals surface area contributed by atoms with Gasteiger partial charge in [0.15, 0.2) is 0 Å². The zero-order chi connectivity index (χ0) is 25.7. The van der Waals surface area contributed by atoms with Crippen molar-refractivity contribution in [2.75, 3.05) is 30.1 Å². The number of aromatic nitrogens is 1. The van der Waals surface area contributed by atoms with Crippen molar-refractivity contribution in [3.05, 3.63) is 59.8 Å². The first-order valence-corrected chi connectivity index (χ1v) is 15.2. The van der Waals surface area contributed by atoms with E-state index in [1.165, 1.54) is 30.4 Å². The Hall–Kier alpha value is -2.27. The van der Waals surface area contributed by atoms with E-state index in [2.05, 4.69) is 35.1 Å². The van der Waals surface area contributed by atoms with Crippen LogP contribution in [-0.2, 0) is 9.22 Å². The lowest BCUT2D eigenvalue weighted by molar-refractivity contribution is -0.173. The Morgan fingerprint density at radius 1 is 1.17 bits per heavy atom. The standard InChI is InChI=1S/C22H24F2N2O4S.C4H8S/c1-14(2)19-13-26(16-5-4-6-17(12-16)29-22(23)24)20-8-7-15(11-18(19)20)21(27)25-31(3)10-9-28-30-31;1-2-4-5-3-1/h4-8,11-14,22H,9-10H2,1-3H3,(H,25,27);1-4H2. The number of nitrogens with one attached hydrogen (secondary N) is 1. The number of rotatable bonds is 6. The summed E-state index contributed by atoms with van der Waals surface area (Å²) >= 11 is 2.07. The fourth-order valence-corrected chi connectivity index (χ4v) is 6.48. The van der Waals surface area contributed by atoms with Gasteiger partial charge in [0.25, 0.3) is 5.91 Å². The van der Waals surface area contributed by atoms with Gasteiger partial charge in [-0.25, -0.2) is 4.89 Å². The number of thioether (sulfide) groups is 1. The van der Waals surface area contributed by atoms with E-state index in [0.29, 0.717) is 23.6 Å². The maximum atomic E-state index is 12.8. The molecule has 0 saturated carbocycles. The summed E-state index contributed by atoms with van der Waals surface area (Å²) in [5.74, 6) is 3.54. The van der Waals surface area contributed by atoms with Crippen molar-refractivity contribution < 1.29 is 27.5 Å². The molecule has 3 aromatic rings. The predicted molar refractivity (Wildman–Crippen MR) is 143 cm³/mol. The number of alkyl halides is 2. The van der Waals surface area contributed by atoms with E-state index >= 15 is 0 Å². The van der Waals surface area contributed by atoms with Crippen molar-refractivity contribution in [2.24, 2.45) is 0 Å². The topological polar surface area (TPSA) is 61.7 Å². The van der Waals surface area contributed by atoms with Gasteiger partial charge in [-0.05, 0) is 76.7 Å². The van der Waals surface area contributed by atoms with Crippen LogP contribution in [-0.4, -0.2) is 47.2 Å². The minimum atomic E-state index is -2.89. The molecular formula is C26H32F2N2O4S2. The summed E-state index contributed by atoms with van der Waals surface area (Å²) in [6, 6.07) is 12.0. The Morgan fingerprint density at radius 3 is 2.56 bits per heavy atom. The minimum absolute atomic E-state index is 0.0893. The van der Waals surface area contributed by atoms with Crippen LogP contribution in [0.25, 0.3) is 16.6 Å². The second-order valence-electron chi connectivity index (χ2n) is 9.07. The first kappa shape index (κ1) is 26.8. The van der Waals surface area contributed by atoms with Gasteiger partial charge in [-0.2, -0.15) is 24.9 Å². The summed E-state index contributed by atoms with van der Waals surface area (Å²) in [5.41, 5.74) is 3.13. The first-order chi connectivity index (χ1) is 17.3. The highest BCUT2D eigenvalue weighted by molar-refractivity contribution is 8.28. The monoisotopic (exact) mass is 538 g/mol. The van der Waals surface area contributed by atoms with Crippen LogP contribution in [0, 0.1) is 0 Å². The van der Waals surface area contributed by atoms with Gasteiger partial charge in [-0.3, -0.25) is 9.52 Å². The molecule has 1 atom stereocenters. The molecule has 1 amide bonds. The maximum absolute atomic E-state index is 12.8. The molecule has 196 valence electrons. The second kappa shape index (κ2) is 11.9. The Morgan fingerprint density at radius 2 is 1.94 bits per heavy atom. The molecule has 1 aromatic heterocycles. The lowest BCUT2D eigenvalue weighted by Gasteiger charge is -2.27. The molecule has 2 aliphatic rings. The molecule has 2 aliphatic heterocycles. The third-order valence-electron chi connectivity index (χ3n) is 5.93. The number of carbonyl (C=O) groups excluding carboxylic acids is 1. The number of ether oxygens (including phenoxy) is 1. The first-order valence-electron chi connectivity index (χ1n) is 11.9. The van der Waals surface area contributed by atoms with Gasteiger partial charge < -0.3 is 9.30 Å². The fourth-order valence-electron chi connectivity index (χ4n) is 4.08. The van der Waals surface area contributed by atoms with Crippen molar-refractivity contribution >= 4 is 39.1 Å². The molecule has 2 fully saturated rings. The summed E-state index contributed by atoms with van der Waals surface area (Å²) in [6.07, 6.45) is 6.75. The molecule has 0 radical (unpaired) electrons. The largest absolute Gasteiger partial charge is 0.435 e. The van der Waals surface area contributed by atoms with Crippen LogP contribution in [0.4, 0.5) is 8.78 Å². The van der Waals surface area contributed by atoms with Crippen LogP contribution in [0.2, 0.25) is 0 Å². The average Bonchev–Trinajstić information content (AvgIpc) is 3.60. The van der Waals surface area contributed by atoms with E-state index in [1.807, 2.05) is 35.2 Å². The smallest absolute Gasteiger partial charge is 0.387 e. The molecule has 2 saturated heterocycles. The van der Waals surface area contributed by atoms with E-state index in [1.54, 1.807) is 18.2 Å². The highest BCUT2D eigenvalue weighted by Crippen LogP contribution is 2.45. The van der Waals surface area contributed by atoms with Crippen LogP contribution in [0.15, 0.2) is 48.7 Å². The second-order valence-corrected chi connectivity index (χ2v) is 13.0. The van der Waals surface area contributed by atoms with Gasteiger partial charge in [-0.15, -0.1) is 0 Å². The molecule has 10 heteroatoms. The molecule has 5 rings (SSSR count). The predicted octanol–water partition coefficient (Wildman–Crippen LogP) is 6.82. The molecule has 36 heavy (non-hydrogen) atoms. The van der Waals surface area contributed by atoms with E-state index in [4.69, 9.17) is 9.22 Å². The fraction of sp³-hybridized carbons (Fsp3) is 0.423. The Balaban J connectivity index is 0.000000543. The summed E-state index contributed by atoms with van der Waals surface area (Å²) in [6.45, 7) is 1.70. The van der Waals surface area contributed by atoms with Crippen molar-refractivity contribution in [3.8, 4) is 11.4 Å². The lowest BCUT2D eigenvalue weighted by Crippen LogP contribution is -2.27. The quantitative estimate of drug-likeness (QED) is 0.349. The van der Waals surface area contributed by atoms with E-state index in [9.17, 15) is 13.6 Å². The van der Waals surface area contributed by atoms with Crippen LogP contribution in [0.3, 0.4) is 0 Å². The highest BCUT2D eigenvalue weighted by Gasteiger charge is 2.29. The third kappa shape index (κ3) is 6.53. The minimum Gasteiger partial charge on any atom is -0.435 e. The number of nitrogens with zero attached hydrogens (tertiary/aromatic N) is 1. The average molecular weight is 539 g/mol. The number of amides is 1. The Kier molecular flexibility index (Phi) is 8.82. The van der Waals surface area contributed by atoms with Crippen molar-refractivity contribution in [1.29, 1.82) is 0 Å².